The fraction of sp³-hybridized carbons (Fsp3) is 0.0714. The molecule has 0 spiro atoms. The second-order valence-corrected chi connectivity index (χ2v) is 4.98. The van der Waals surface area contributed by atoms with Gasteiger partial charge in [0.2, 0.25) is 0 Å². The highest BCUT2D eigenvalue weighted by atomic mass is 79.9. The first-order valence-electron chi connectivity index (χ1n) is 5.63. The average molecular weight is 342 g/mol. The summed E-state index contributed by atoms with van der Waals surface area (Å²) in [6.07, 6.45) is 0. The van der Waals surface area contributed by atoms with Crippen LogP contribution in [-0.2, 0) is 11.3 Å². The number of anilines is 1. The number of nitrogen functional groups attached to an aromatic ring is 1. The molecule has 0 aliphatic carbocycles. The van der Waals surface area contributed by atoms with Crippen molar-refractivity contribution in [2.75, 3.05) is 5.73 Å². The molecular formula is C14H10BrF2NO2. The number of benzene rings is 2. The number of esters is 1. The molecule has 0 heterocycles. The monoisotopic (exact) mass is 341 g/mol. The SMILES string of the molecule is Nc1cc(F)c(C(=O)OCc2cccc(Br)c2)cc1F. The Morgan fingerprint density at radius 3 is 2.65 bits per heavy atom. The third-order valence-corrected chi connectivity index (χ3v) is 3.06. The molecule has 0 saturated carbocycles. The standard InChI is InChI=1S/C14H10BrF2NO2/c15-9-3-1-2-8(4-9)7-20-14(19)10-5-12(17)13(18)6-11(10)16/h1-6H,7,18H2. The molecule has 20 heavy (non-hydrogen) atoms. The van der Waals surface area contributed by atoms with Gasteiger partial charge in [-0.05, 0) is 23.8 Å². The number of halogens is 3. The Morgan fingerprint density at radius 2 is 1.95 bits per heavy atom. The van der Waals surface area contributed by atoms with Gasteiger partial charge in [-0.2, -0.15) is 0 Å². The Kier molecular flexibility index (Phi) is 4.34. The summed E-state index contributed by atoms with van der Waals surface area (Å²) in [4.78, 5) is 11.7. The van der Waals surface area contributed by atoms with Crippen LogP contribution in [0.4, 0.5) is 14.5 Å². The number of nitrogens with two attached hydrogens (primary N) is 1. The predicted molar refractivity (Wildman–Crippen MR) is 74.0 cm³/mol. The van der Waals surface area contributed by atoms with E-state index in [1.54, 1.807) is 18.2 Å². The fourth-order valence-corrected chi connectivity index (χ4v) is 2.02. The molecule has 0 aliphatic rings. The lowest BCUT2D eigenvalue weighted by molar-refractivity contribution is 0.0466. The van der Waals surface area contributed by atoms with Crippen LogP contribution in [0.25, 0.3) is 0 Å². The molecule has 0 aromatic heterocycles. The topological polar surface area (TPSA) is 52.3 Å². The Labute approximate surface area is 122 Å². The van der Waals surface area contributed by atoms with Gasteiger partial charge in [0.05, 0.1) is 11.3 Å². The zero-order valence-electron chi connectivity index (χ0n) is 10.2. The van der Waals surface area contributed by atoms with Gasteiger partial charge in [-0.25, -0.2) is 13.6 Å². The van der Waals surface area contributed by atoms with Crippen LogP contribution in [-0.4, -0.2) is 5.97 Å². The van der Waals surface area contributed by atoms with Crippen LogP contribution in [0.5, 0.6) is 0 Å². The Hall–Kier alpha value is -1.95. The van der Waals surface area contributed by atoms with E-state index in [9.17, 15) is 13.6 Å². The maximum atomic E-state index is 13.5. The van der Waals surface area contributed by atoms with Crippen LogP contribution >= 0.6 is 15.9 Å². The van der Waals surface area contributed by atoms with E-state index < -0.39 is 23.2 Å². The van der Waals surface area contributed by atoms with Crippen molar-refractivity contribution in [3.8, 4) is 0 Å². The molecule has 0 fully saturated rings. The molecule has 2 aromatic carbocycles. The molecule has 2 aromatic rings. The second kappa shape index (κ2) is 6.00. The minimum Gasteiger partial charge on any atom is -0.457 e. The number of ether oxygens (including phenoxy) is 1. The lowest BCUT2D eigenvalue weighted by Crippen LogP contribution is -2.09. The van der Waals surface area contributed by atoms with E-state index in [0.717, 1.165) is 22.2 Å². The van der Waals surface area contributed by atoms with E-state index in [1.165, 1.54) is 0 Å². The van der Waals surface area contributed by atoms with Crippen LogP contribution in [0.1, 0.15) is 15.9 Å². The van der Waals surface area contributed by atoms with Crippen molar-refractivity contribution in [3.63, 3.8) is 0 Å². The number of carbonyl (C=O) groups is 1. The van der Waals surface area contributed by atoms with Gasteiger partial charge in [0, 0.05) is 10.5 Å². The molecule has 2 rings (SSSR count). The van der Waals surface area contributed by atoms with Crippen LogP contribution in [0, 0.1) is 11.6 Å². The number of carbonyl (C=O) groups excluding carboxylic acids is 1. The first kappa shape index (κ1) is 14.5. The molecule has 0 amide bonds. The molecule has 0 saturated heterocycles. The minimum atomic E-state index is -0.943. The van der Waals surface area contributed by atoms with Gasteiger partial charge in [0.1, 0.15) is 18.2 Å². The summed E-state index contributed by atoms with van der Waals surface area (Å²) in [5, 5.41) is 0. The summed E-state index contributed by atoms with van der Waals surface area (Å²) in [6.45, 7) is -0.0380. The highest BCUT2D eigenvalue weighted by molar-refractivity contribution is 9.10. The summed E-state index contributed by atoms with van der Waals surface area (Å²) < 4.78 is 32.5. The molecule has 0 atom stereocenters. The average Bonchev–Trinajstić information content (AvgIpc) is 2.40. The van der Waals surface area contributed by atoms with Crippen LogP contribution in [0.2, 0.25) is 0 Å². The van der Waals surface area contributed by atoms with Gasteiger partial charge in [-0.15, -0.1) is 0 Å². The van der Waals surface area contributed by atoms with E-state index in [1.807, 2.05) is 6.07 Å². The normalized spacial score (nSPS) is 10.3. The van der Waals surface area contributed by atoms with Gasteiger partial charge >= 0.3 is 5.97 Å². The zero-order valence-corrected chi connectivity index (χ0v) is 11.8. The summed E-state index contributed by atoms with van der Waals surface area (Å²) in [5.41, 5.74) is 5.09. The highest BCUT2D eigenvalue weighted by Crippen LogP contribution is 2.18. The van der Waals surface area contributed by atoms with Gasteiger partial charge in [-0.1, -0.05) is 28.1 Å². The van der Waals surface area contributed by atoms with Crippen molar-refractivity contribution in [2.24, 2.45) is 0 Å². The third-order valence-electron chi connectivity index (χ3n) is 2.57. The van der Waals surface area contributed by atoms with Gasteiger partial charge in [-0.3, -0.25) is 0 Å². The predicted octanol–water partition coefficient (Wildman–Crippen LogP) is 3.67. The first-order chi connectivity index (χ1) is 9.47. The van der Waals surface area contributed by atoms with E-state index in [2.05, 4.69) is 15.9 Å². The van der Waals surface area contributed by atoms with E-state index in [-0.39, 0.29) is 12.3 Å². The van der Waals surface area contributed by atoms with E-state index in [0.29, 0.717) is 0 Å². The number of rotatable bonds is 3. The summed E-state index contributed by atoms with van der Waals surface area (Å²) >= 11 is 3.28. The summed E-state index contributed by atoms with van der Waals surface area (Å²) in [5.74, 6) is -2.72. The molecule has 3 nitrogen and oxygen atoms in total. The largest absolute Gasteiger partial charge is 0.457 e. The molecule has 104 valence electrons. The smallest absolute Gasteiger partial charge is 0.341 e. The Morgan fingerprint density at radius 1 is 1.20 bits per heavy atom. The second-order valence-electron chi connectivity index (χ2n) is 4.06. The van der Waals surface area contributed by atoms with Crippen LogP contribution in [0.15, 0.2) is 40.9 Å². The van der Waals surface area contributed by atoms with Crippen molar-refractivity contribution < 1.29 is 18.3 Å². The van der Waals surface area contributed by atoms with Crippen molar-refractivity contribution in [3.05, 3.63) is 63.6 Å². The molecule has 0 aliphatic heterocycles. The number of hydrogen-bond donors (Lipinski definition) is 1. The lowest BCUT2D eigenvalue weighted by Gasteiger charge is -2.07. The van der Waals surface area contributed by atoms with Gasteiger partial charge in [0.25, 0.3) is 0 Å². The Balaban J connectivity index is 2.11. The molecular weight excluding hydrogens is 332 g/mol. The van der Waals surface area contributed by atoms with E-state index >= 15 is 0 Å². The molecule has 0 unspecified atom stereocenters. The number of hydrogen-bond acceptors (Lipinski definition) is 3. The molecule has 0 radical (unpaired) electrons. The highest BCUT2D eigenvalue weighted by Gasteiger charge is 2.16. The summed E-state index contributed by atoms with van der Waals surface area (Å²) in [6, 6.07) is 8.58. The van der Waals surface area contributed by atoms with Crippen molar-refractivity contribution >= 4 is 27.6 Å². The van der Waals surface area contributed by atoms with Crippen LogP contribution < -0.4 is 5.73 Å². The van der Waals surface area contributed by atoms with E-state index in [4.69, 9.17) is 10.5 Å². The molecule has 0 bridgehead atoms. The maximum Gasteiger partial charge on any atom is 0.341 e. The molecule has 6 heteroatoms. The maximum absolute atomic E-state index is 13.5. The quantitative estimate of drug-likeness (QED) is 0.684. The van der Waals surface area contributed by atoms with Gasteiger partial charge < -0.3 is 10.5 Å². The van der Waals surface area contributed by atoms with Crippen molar-refractivity contribution in [2.45, 2.75) is 6.61 Å². The van der Waals surface area contributed by atoms with Crippen LogP contribution in [0.3, 0.4) is 0 Å². The lowest BCUT2D eigenvalue weighted by atomic mass is 10.2. The first-order valence-corrected chi connectivity index (χ1v) is 6.43. The summed E-state index contributed by atoms with van der Waals surface area (Å²) in [7, 11) is 0. The third kappa shape index (κ3) is 3.33. The van der Waals surface area contributed by atoms with Crippen molar-refractivity contribution in [1.29, 1.82) is 0 Å². The molecule has 2 N–H and O–H groups in total. The van der Waals surface area contributed by atoms with Gasteiger partial charge in [0.15, 0.2) is 0 Å². The van der Waals surface area contributed by atoms with Crippen molar-refractivity contribution in [1.82, 2.24) is 0 Å². The fourth-order valence-electron chi connectivity index (χ4n) is 1.57. The zero-order chi connectivity index (χ0) is 14.7. The Bertz CT molecular complexity index is 662. The minimum absolute atomic E-state index is 0.0380.